The Balaban J connectivity index is 1.48. The summed E-state index contributed by atoms with van der Waals surface area (Å²) in [5.41, 5.74) is 3.44. The van der Waals surface area contributed by atoms with Gasteiger partial charge in [0.1, 0.15) is 0 Å². The van der Waals surface area contributed by atoms with Crippen LogP contribution in [0.4, 0.5) is 0 Å². The third-order valence-corrected chi connectivity index (χ3v) is 6.37. The van der Waals surface area contributed by atoms with Crippen molar-refractivity contribution in [3.05, 3.63) is 47.0 Å². The van der Waals surface area contributed by atoms with Gasteiger partial charge in [0.15, 0.2) is 23.0 Å². The molecule has 33 heavy (non-hydrogen) atoms. The zero-order valence-corrected chi connectivity index (χ0v) is 20.5. The van der Waals surface area contributed by atoms with Crippen molar-refractivity contribution in [3.8, 4) is 23.0 Å². The zero-order chi connectivity index (χ0) is 23.8. The van der Waals surface area contributed by atoms with Gasteiger partial charge in [-0.1, -0.05) is 6.07 Å². The number of carbonyl (C=O) groups is 1. The van der Waals surface area contributed by atoms with Crippen LogP contribution in [0.2, 0.25) is 0 Å². The van der Waals surface area contributed by atoms with Crippen LogP contribution in [0.3, 0.4) is 0 Å². The molecule has 1 heterocycles. The van der Waals surface area contributed by atoms with Gasteiger partial charge in [-0.25, -0.2) is 0 Å². The summed E-state index contributed by atoms with van der Waals surface area (Å²) in [5.74, 6) is 3.10. The summed E-state index contributed by atoms with van der Waals surface area (Å²) in [4.78, 5) is 16.3. The summed E-state index contributed by atoms with van der Waals surface area (Å²) >= 11 is 0. The van der Waals surface area contributed by atoms with Crippen LogP contribution in [-0.4, -0.2) is 72.5 Å². The number of amides is 1. The monoisotopic (exact) mass is 457 g/mol. The van der Waals surface area contributed by atoms with Crippen molar-refractivity contribution in [1.82, 2.24) is 4.90 Å². The van der Waals surface area contributed by atoms with Gasteiger partial charge in [-0.2, -0.15) is 0 Å². The molecule has 1 amide bonds. The average molecular weight is 458 g/mol. The molecule has 0 fully saturated rings. The quantitative estimate of drug-likeness (QED) is 0.558. The van der Waals surface area contributed by atoms with Crippen LogP contribution < -0.4 is 23.8 Å². The standard InChI is InChI=1S/C26H36N2O5/c1-27(13-9-19-7-8-22(30-2)23(15-19)31-3)11-6-12-28-14-10-20-16-24(32-4)25(33-5)17-21(20)18-26(28)29/h7-8,15-17H,6,9-14,18H2,1-5H3/p+1. The molecule has 0 aromatic heterocycles. The van der Waals surface area contributed by atoms with Crippen molar-refractivity contribution in [2.24, 2.45) is 0 Å². The predicted octanol–water partition coefficient (Wildman–Crippen LogP) is 1.80. The SMILES string of the molecule is COc1ccc(CC[NH+](C)CCCN2CCc3cc(OC)c(OC)cc3CC2=O)cc1OC. The zero-order valence-electron chi connectivity index (χ0n) is 20.5. The number of benzene rings is 2. The minimum atomic E-state index is 0.184. The van der Waals surface area contributed by atoms with E-state index in [1.54, 1.807) is 28.4 Å². The van der Waals surface area contributed by atoms with Gasteiger partial charge in [0.05, 0.1) is 55.0 Å². The smallest absolute Gasteiger partial charge is 0.227 e. The molecule has 2 aromatic rings. The highest BCUT2D eigenvalue weighted by molar-refractivity contribution is 5.80. The fourth-order valence-corrected chi connectivity index (χ4v) is 4.34. The maximum Gasteiger partial charge on any atom is 0.227 e. The maximum absolute atomic E-state index is 12.9. The van der Waals surface area contributed by atoms with E-state index < -0.39 is 0 Å². The number of nitrogens with one attached hydrogen (secondary N) is 1. The van der Waals surface area contributed by atoms with E-state index in [2.05, 4.69) is 13.1 Å². The topological polar surface area (TPSA) is 61.7 Å². The number of hydrogen-bond donors (Lipinski definition) is 1. The number of fused-ring (bicyclic) bond motifs is 1. The molecular weight excluding hydrogens is 420 g/mol. The Morgan fingerprint density at radius 1 is 0.848 bits per heavy atom. The first-order chi connectivity index (χ1) is 16.0. The second-order valence-corrected chi connectivity index (χ2v) is 8.53. The van der Waals surface area contributed by atoms with E-state index in [1.165, 1.54) is 16.0 Å². The first kappa shape index (κ1) is 24.7. The van der Waals surface area contributed by atoms with Crippen molar-refractivity contribution in [2.75, 3.05) is 61.7 Å². The van der Waals surface area contributed by atoms with E-state index in [0.29, 0.717) is 12.2 Å². The number of methoxy groups -OCH3 is 4. The highest BCUT2D eigenvalue weighted by Gasteiger charge is 2.22. The van der Waals surface area contributed by atoms with Crippen molar-refractivity contribution < 1.29 is 28.6 Å². The van der Waals surface area contributed by atoms with Crippen molar-refractivity contribution in [2.45, 2.75) is 25.7 Å². The van der Waals surface area contributed by atoms with Crippen molar-refractivity contribution >= 4 is 5.91 Å². The molecule has 0 spiro atoms. The normalized spacial score (nSPS) is 14.3. The largest absolute Gasteiger partial charge is 0.493 e. The van der Waals surface area contributed by atoms with Crippen LogP contribution in [-0.2, 0) is 24.1 Å². The van der Waals surface area contributed by atoms with Gasteiger partial charge in [0.2, 0.25) is 5.91 Å². The van der Waals surface area contributed by atoms with Gasteiger partial charge >= 0.3 is 0 Å². The van der Waals surface area contributed by atoms with E-state index in [-0.39, 0.29) is 5.91 Å². The molecule has 0 aliphatic carbocycles. The Hall–Kier alpha value is -2.93. The summed E-state index contributed by atoms with van der Waals surface area (Å²) in [6.07, 6.45) is 3.20. The lowest BCUT2D eigenvalue weighted by Crippen LogP contribution is -3.09. The first-order valence-electron chi connectivity index (χ1n) is 11.5. The summed E-state index contributed by atoms with van der Waals surface area (Å²) in [6, 6.07) is 10.0. The fourth-order valence-electron chi connectivity index (χ4n) is 4.34. The van der Waals surface area contributed by atoms with Gasteiger partial charge in [-0.3, -0.25) is 4.79 Å². The molecular formula is C26H37N2O5+. The molecule has 0 bridgehead atoms. The van der Waals surface area contributed by atoms with E-state index in [0.717, 1.165) is 68.3 Å². The van der Waals surface area contributed by atoms with E-state index >= 15 is 0 Å². The molecule has 7 heteroatoms. The minimum absolute atomic E-state index is 0.184. The van der Waals surface area contributed by atoms with Crippen LogP contribution >= 0.6 is 0 Å². The summed E-state index contributed by atoms with van der Waals surface area (Å²) in [7, 11) is 8.78. The number of hydrogen-bond acceptors (Lipinski definition) is 5. The Morgan fingerprint density at radius 3 is 2.15 bits per heavy atom. The highest BCUT2D eigenvalue weighted by atomic mass is 16.5. The molecule has 1 aliphatic heterocycles. The third kappa shape index (κ3) is 6.32. The molecule has 2 aromatic carbocycles. The molecule has 180 valence electrons. The Bertz CT molecular complexity index is 947. The minimum Gasteiger partial charge on any atom is -0.493 e. The van der Waals surface area contributed by atoms with E-state index in [9.17, 15) is 4.79 Å². The number of nitrogens with zero attached hydrogens (tertiary/aromatic N) is 1. The molecule has 1 aliphatic rings. The van der Waals surface area contributed by atoms with Gasteiger partial charge in [-0.15, -0.1) is 0 Å². The average Bonchev–Trinajstić information content (AvgIpc) is 2.99. The highest BCUT2D eigenvalue weighted by Crippen LogP contribution is 2.32. The van der Waals surface area contributed by atoms with Crippen LogP contribution in [0.5, 0.6) is 23.0 Å². The second kappa shape index (κ2) is 11.8. The lowest BCUT2D eigenvalue weighted by Gasteiger charge is -2.21. The summed E-state index contributed by atoms with van der Waals surface area (Å²) in [5, 5.41) is 0. The van der Waals surface area contributed by atoms with Gasteiger partial charge in [-0.05, 0) is 47.4 Å². The molecule has 1 N–H and O–H groups in total. The molecule has 7 nitrogen and oxygen atoms in total. The lowest BCUT2D eigenvalue weighted by molar-refractivity contribution is -0.879. The number of carbonyl (C=O) groups excluding carboxylic acids is 1. The molecule has 0 saturated carbocycles. The first-order valence-corrected chi connectivity index (χ1v) is 11.5. The van der Waals surface area contributed by atoms with Gasteiger partial charge < -0.3 is 28.7 Å². The Labute approximate surface area is 197 Å². The molecule has 0 radical (unpaired) electrons. The van der Waals surface area contributed by atoms with Crippen LogP contribution in [0.1, 0.15) is 23.1 Å². The predicted molar refractivity (Wildman–Crippen MR) is 128 cm³/mol. The van der Waals surface area contributed by atoms with Gasteiger partial charge in [0.25, 0.3) is 0 Å². The number of rotatable bonds is 11. The third-order valence-electron chi connectivity index (χ3n) is 6.37. The van der Waals surface area contributed by atoms with Crippen LogP contribution in [0.25, 0.3) is 0 Å². The number of likely N-dealkylation sites (N-methyl/N-ethyl adjacent to an activating group) is 1. The van der Waals surface area contributed by atoms with Crippen LogP contribution in [0, 0.1) is 0 Å². The number of ether oxygens (including phenoxy) is 4. The number of quaternary nitrogens is 1. The fraction of sp³-hybridized carbons (Fsp3) is 0.500. The molecule has 3 rings (SSSR count). The maximum atomic E-state index is 12.9. The van der Waals surface area contributed by atoms with E-state index in [4.69, 9.17) is 18.9 Å². The Kier molecular flexibility index (Phi) is 8.83. The van der Waals surface area contributed by atoms with Gasteiger partial charge in [0, 0.05) is 25.9 Å². The Morgan fingerprint density at radius 2 is 1.48 bits per heavy atom. The summed E-state index contributed by atoms with van der Waals surface area (Å²) < 4.78 is 21.6. The summed E-state index contributed by atoms with van der Waals surface area (Å²) in [6.45, 7) is 3.57. The van der Waals surface area contributed by atoms with Crippen molar-refractivity contribution in [1.29, 1.82) is 0 Å². The lowest BCUT2D eigenvalue weighted by atomic mass is 10.0. The van der Waals surface area contributed by atoms with E-state index in [1.807, 2.05) is 29.2 Å². The molecule has 1 atom stereocenters. The molecule has 0 saturated heterocycles. The second-order valence-electron chi connectivity index (χ2n) is 8.53. The van der Waals surface area contributed by atoms with Crippen LogP contribution in [0.15, 0.2) is 30.3 Å². The van der Waals surface area contributed by atoms with Crippen molar-refractivity contribution in [3.63, 3.8) is 0 Å². The molecule has 1 unspecified atom stereocenters.